The van der Waals surface area contributed by atoms with Crippen molar-refractivity contribution in [3.8, 4) is 0 Å². The number of esters is 1. The molecule has 0 fully saturated rings. The molecule has 0 aliphatic heterocycles. The number of rotatable bonds is 5. The number of nitrogens with zero attached hydrogens (tertiary/aromatic N) is 1. The van der Waals surface area contributed by atoms with Gasteiger partial charge in [-0.15, -0.1) is 0 Å². The number of hydrogen-bond acceptors (Lipinski definition) is 3. The summed E-state index contributed by atoms with van der Waals surface area (Å²) in [6.45, 7) is 1.93. The highest BCUT2D eigenvalue weighted by Gasteiger charge is 2.17. The topological polar surface area (TPSA) is 46.6 Å². The maximum absolute atomic E-state index is 13.0. The summed E-state index contributed by atoms with van der Waals surface area (Å²) in [7, 11) is 2.89. The lowest BCUT2D eigenvalue weighted by atomic mass is 10.1. The number of methoxy groups -OCH3 is 1. The quantitative estimate of drug-likeness (QED) is 0.620. The number of benzene rings is 1. The number of carbonyl (C=O) groups excluding carboxylic acids is 2. The lowest BCUT2D eigenvalue weighted by Crippen LogP contribution is -2.33. The zero-order valence-electron chi connectivity index (χ0n) is 12.1. The molecule has 0 saturated carbocycles. The predicted octanol–water partition coefficient (Wildman–Crippen LogP) is 2.76. The monoisotopic (exact) mass is 313 g/mol. The largest absolute Gasteiger partial charge is 0.469 e. The molecule has 1 rings (SSSR count). The fraction of sp³-hybridized carbons (Fsp3) is 0.333. The summed E-state index contributed by atoms with van der Waals surface area (Å²) < 4.78 is 17.6. The van der Waals surface area contributed by atoms with Crippen molar-refractivity contribution in [2.75, 3.05) is 20.7 Å². The van der Waals surface area contributed by atoms with E-state index in [9.17, 15) is 14.0 Å². The van der Waals surface area contributed by atoms with Crippen LogP contribution in [-0.4, -0.2) is 37.5 Å². The van der Waals surface area contributed by atoms with Crippen molar-refractivity contribution in [1.29, 1.82) is 0 Å². The van der Waals surface area contributed by atoms with E-state index >= 15 is 0 Å². The second-order valence-corrected chi connectivity index (χ2v) is 5.06. The number of ether oxygens (including phenoxy) is 1. The SMILES string of the molecule is COC(=O)C(C)CN(C)C(=O)C=Cc1ccc(F)c(Cl)c1. The second kappa shape index (κ2) is 7.78. The molecule has 0 aromatic heterocycles. The number of amides is 1. The molecular formula is C15H17ClFNO3. The average Bonchev–Trinajstić information content (AvgIpc) is 2.46. The highest BCUT2D eigenvalue weighted by molar-refractivity contribution is 6.30. The van der Waals surface area contributed by atoms with Gasteiger partial charge in [-0.05, 0) is 23.8 Å². The number of halogens is 2. The maximum atomic E-state index is 13.0. The molecular weight excluding hydrogens is 297 g/mol. The summed E-state index contributed by atoms with van der Waals surface area (Å²) in [5, 5.41) is -0.00253. The van der Waals surface area contributed by atoms with Gasteiger partial charge in [-0.25, -0.2) is 4.39 Å². The third-order valence-corrected chi connectivity index (χ3v) is 3.18. The van der Waals surface area contributed by atoms with E-state index in [1.807, 2.05) is 0 Å². The van der Waals surface area contributed by atoms with Gasteiger partial charge in [-0.1, -0.05) is 24.6 Å². The third kappa shape index (κ3) is 5.19. The summed E-state index contributed by atoms with van der Waals surface area (Å²) >= 11 is 5.66. The fourth-order valence-corrected chi connectivity index (χ4v) is 1.88. The van der Waals surface area contributed by atoms with E-state index in [0.717, 1.165) is 0 Å². The Morgan fingerprint density at radius 2 is 2.14 bits per heavy atom. The third-order valence-electron chi connectivity index (χ3n) is 2.89. The van der Waals surface area contributed by atoms with Gasteiger partial charge in [0.05, 0.1) is 18.1 Å². The number of carbonyl (C=O) groups is 2. The molecule has 1 atom stereocenters. The van der Waals surface area contributed by atoms with Gasteiger partial charge in [-0.2, -0.15) is 0 Å². The highest BCUT2D eigenvalue weighted by Crippen LogP contribution is 2.16. The molecule has 1 unspecified atom stereocenters. The van der Waals surface area contributed by atoms with Crippen LogP contribution >= 0.6 is 11.6 Å². The van der Waals surface area contributed by atoms with Crippen molar-refractivity contribution in [1.82, 2.24) is 4.90 Å². The fourth-order valence-electron chi connectivity index (χ4n) is 1.69. The molecule has 114 valence electrons. The lowest BCUT2D eigenvalue weighted by molar-refractivity contribution is -0.145. The van der Waals surface area contributed by atoms with Gasteiger partial charge in [0.1, 0.15) is 5.82 Å². The van der Waals surface area contributed by atoms with Crippen molar-refractivity contribution in [2.45, 2.75) is 6.92 Å². The zero-order chi connectivity index (χ0) is 16.0. The standard InChI is InChI=1S/C15H17ClFNO3/c1-10(15(20)21-3)9-18(2)14(19)7-5-11-4-6-13(17)12(16)8-11/h4-8,10H,9H2,1-3H3. The van der Waals surface area contributed by atoms with Gasteiger partial charge in [0, 0.05) is 19.7 Å². The first-order chi connectivity index (χ1) is 9.85. The van der Waals surface area contributed by atoms with Gasteiger partial charge < -0.3 is 9.64 Å². The van der Waals surface area contributed by atoms with Gasteiger partial charge in [0.2, 0.25) is 5.91 Å². The molecule has 0 N–H and O–H groups in total. The minimum absolute atomic E-state index is 0.00253. The molecule has 1 aromatic rings. The number of hydrogen-bond donors (Lipinski definition) is 0. The van der Waals surface area contributed by atoms with Gasteiger partial charge in [0.25, 0.3) is 0 Å². The van der Waals surface area contributed by atoms with Crippen molar-refractivity contribution in [2.24, 2.45) is 5.92 Å². The predicted molar refractivity (Wildman–Crippen MR) is 79.3 cm³/mol. The summed E-state index contributed by atoms with van der Waals surface area (Å²) in [5.41, 5.74) is 0.615. The Balaban J connectivity index is 2.65. The van der Waals surface area contributed by atoms with E-state index in [0.29, 0.717) is 5.56 Å². The first kappa shape index (κ1) is 17.2. The minimum Gasteiger partial charge on any atom is -0.469 e. The Labute approximate surface area is 128 Å². The minimum atomic E-state index is -0.510. The molecule has 0 saturated heterocycles. The summed E-state index contributed by atoms with van der Waals surface area (Å²) in [4.78, 5) is 24.6. The molecule has 0 radical (unpaired) electrons. The zero-order valence-corrected chi connectivity index (χ0v) is 12.9. The van der Waals surface area contributed by atoms with Crippen molar-refractivity contribution in [3.63, 3.8) is 0 Å². The summed E-state index contributed by atoms with van der Waals surface area (Å²) in [6.07, 6.45) is 2.88. The molecule has 0 aliphatic rings. The van der Waals surface area contributed by atoms with Crippen molar-refractivity contribution in [3.05, 3.63) is 40.7 Å². The number of likely N-dealkylation sites (N-methyl/N-ethyl adjacent to an activating group) is 1. The van der Waals surface area contributed by atoms with Crippen LogP contribution in [-0.2, 0) is 14.3 Å². The second-order valence-electron chi connectivity index (χ2n) is 4.65. The van der Waals surface area contributed by atoms with Crippen LogP contribution < -0.4 is 0 Å². The van der Waals surface area contributed by atoms with Crippen LogP contribution in [0.3, 0.4) is 0 Å². The Bertz CT molecular complexity index is 560. The van der Waals surface area contributed by atoms with E-state index in [4.69, 9.17) is 11.6 Å². The lowest BCUT2D eigenvalue weighted by Gasteiger charge is -2.18. The Hall–Kier alpha value is -1.88. The Morgan fingerprint density at radius 3 is 2.71 bits per heavy atom. The van der Waals surface area contributed by atoms with E-state index in [1.165, 1.54) is 42.4 Å². The maximum Gasteiger partial charge on any atom is 0.310 e. The molecule has 0 spiro atoms. The van der Waals surface area contributed by atoms with Crippen LogP contribution in [0.15, 0.2) is 24.3 Å². The molecule has 1 amide bonds. The Morgan fingerprint density at radius 1 is 1.48 bits per heavy atom. The first-order valence-corrected chi connectivity index (χ1v) is 6.69. The molecule has 21 heavy (non-hydrogen) atoms. The van der Waals surface area contributed by atoms with E-state index in [2.05, 4.69) is 4.74 Å². The summed E-state index contributed by atoms with van der Waals surface area (Å²) in [5.74, 6) is -1.56. The molecule has 0 aliphatic carbocycles. The molecule has 4 nitrogen and oxygen atoms in total. The van der Waals surface area contributed by atoms with Gasteiger partial charge in [-0.3, -0.25) is 9.59 Å². The van der Waals surface area contributed by atoms with E-state index < -0.39 is 11.7 Å². The normalized spacial score (nSPS) is 12.2. The highest BCUT2D eigenvalue weighted by atomic mass is 35.5. The van der Waals surface area contributed by atoms with Crippen LogP contribution in [0.5, 0.6) is 0 Å². The Kier molecular flexibility index (Phi) is 6.37. The molecule has 1 aromatic carbocycles. The van der Waals surface area contributed by atoms with E-state index in [1.54, 1.807) is 14.0 Å². The smallest absolute Gasteiger partial charge is 0.310 e. The van der Waals surface area contributed by atoms with Crippen molar-refractivity contribution >= 4 is 29.6 Å². The van der Waals surface area contributed by atoms with Crippen LogP contribution in [0.4, 0.5) is 4.39 Å². The van der Waals surface area contributed by atoms with Crippen LogP contribution in [0.2, 0.25) is 5.02 Å². The molecule has 0 bridgehead atoms. The molecule has 0 heterocycles. The first-order valence-electron chi connectivity index (χ1n) is 6.31. The van der Waals surface area contributed by atoms with Crippen molar-refractivity contribution < 1.29 is 18.7 Å². The van der Waals surface area contributed by atoms with Gasteiger partial charge >= 0.3 is 5.97 Å². The van der Waals surface area contributed by atoms with Gasteiger partial charge in [0.15, 0.2) is 0 Å². The van der Waals surface area contributed by atoms with Crippen LogP contribution in [0.1, 0.15) is 12.5 Å². The van der Waals surface area contributed by atoms with E-state index in [-0.39, 0.29) is 23.4 Å². The average molecular weight is 314 g/mol. The molecule has 6 heteroatoms. The summed E-state index contributed by atoms with van der Waals surface area (Å²) in [6, 6.07) is 4.18. The van der Waals surface area contributed by atoms with Crippen LogP contribution in [0.25, 0.3) is 6.08 Å². The van der Waals surface area contributed by atoms with Crippen LogP contribution in [0, 0.1) is 11.7 Å².